The Labute approximate surface area is 125 Å². The third-order valence-corrected chi connectivity index (χ3v) is 3.31. The van der Waals surface area contributed by atoms with E-state index in [1.54, 1.807) is 18.5 Å². The van der Waals surface area contributed by atoms with E-state index in [4.69, 9.17) is 0 Å². The summed E-state index contributed by atoms with van der Waals surface area (Å²) < 4.78 is 0. The lowest BCUT2D eigenvalue weighted by molar-refractivity contribution is 0.0644. The first kappa shape index (κ1) is 15.2. The van der Waals surface area contributed by atoms with Crippen molar-refractivity contribution in [3.05, 3.63) is 48.3 Å². The van der Waals surface area contributed by atoms with Gasteiger partial charge in [0.25, 0.3) is 5.91 Å². The third kappa shape index (κ3) is 3.27. The second-order valence-corrected chi connectivity index (χ2v) is 5.52. The van der Waals surface area contributed by atoms with Gasteiger partial charge in [0.1, 0.15) is 0 Å². The maximum Gasteiger partial charge on any atom is 0.255 e. The van der Waals surface area contributed by atoms with Crippen molar-refractivity contribution in [2.45, 2.75) is 39.8 Å². The first-order chi connectivity index (χ1) is 10.0. The third-order valence-electron chi connectivity index (χ3n) is 3.31. The summed E-state index contributed by atoms with van der Waals surface area (Å²) in [7, 11) is 0. The molecule has 4 heteroatoms. The molecule has 0 aliphatic carbocycles. The summed E-state index contributed by atoms with van der Waals surface area (Å²) in [6, 6.07) is 9.55. The summed E-state index contributed by atoms with van der Waals surface area (Å²) in [5.74, 6) is 0.594. The SMILES string of the molecule is CC(C)N(C(=O)c1ccccc1-c1ncccn1)C(C)C. The molecule has 1 heterocycles. The van der Waals surface area contributed by atoms with Gasteiger partial charge in [0.15, 0.2) is 5.82 Å². The molecule has 2 aromatic rings. The number of amides is 1. The maximum atomic E-state index is 12.9. The predicted molar refractivity (Wildman–Crippen MR) is 83.9 cm³/mol. The first-order valence-corrected chi connectivity index (χ1v) is 7.21. The normalized spacial score (nSPS) is 11.0. The molecular weight excluding hydrogens is 262 g/mol. The molecule has 110 valence electrons. The standard InChI is InChI=1S/C17H21N3O/c1-12(2)20(13(3)4)17(21)15-9-6-5-8-14(15)16-18-10-7-11-19-16/h5-13H,1-4H3. The summed E-state index contributed by atoms with van der Waals surface area (Å²) in [4.78, 5) is 23.3. The Balaban J connectivity index is 2.48. The number of hydrogen-bond acceptors (Lipinski definition) is 3. The van der Waals surface area contributed by atoms with Crippen molar-refractivity contribution in [2.75, 3.05) is 0 Å². The van der Waals surface area contributed by atoms with E-state index < -0.39 is 0 Å². The molecule has 1 amide bonds. The zero-order chi connectivity index (χ0) is 15.4. The number of benzene rings is 1. The molecule has 1 aromatic carbocycles. The highest BCUT2D eigenvalue weighted by molar-refractivity contribution is 6.00. The molecule has 0 radical (unpaired) electrons. The van der Waals surface area contributed by atoms with Crippen molar-refractivity contribution in [2.24, 2.45) is 0 Å². The highest BCUT2D eigenvalue weighted by Crippen LogP contribution is 2.22. The molecule has 21 heavy (non-hydrogen) atoms. The van der Waals surface area contributed by atoms with E-state index in [1.807, 2.05) is 56.9 Å². The van der Waals surface area contributed by atoms with Crippen LogP contribution in [-0.2, 0) is 0 Å². The highest BCUT2D eigenvalue weighted by Gasteiger charge is 2.24. The molecule has 0 aliphatic rings. The van der Waals surface area contributed by atoms with Gasteiger partial charge in [0.05, 0.1) is 5.56 Å². The van der Waals surface area contributed by atoms with Crippen LogP contribution in [0.15, 0.2) is 42.7 Å². The van der Waals surface area contributed by atoms with Crippen LogP contribution in [0, 0.1) is 0 Å². The van der Waals surface area contributed by atoms with Gasteiger partial charge in [0, 0.05) is 30.0 Å². The van der Waals surface area contributed by atoms with Gasteiger partial charge >= 0.3 is 0 Å². The molecule has 2 rings (SSSR count). The minimum absolute atomic E-state index is 0.0167. The molecule has 0 unspecified atom stereocenters. The Hall–Kier alpha value is -2.23. The van der Waals surface area contributed by atoms with E-state index in [2.05, 4.69) is 9.97 Å². The predicted octanol–water partition coefficient (Wildman–Crippen LogP) is 3.40. The van der Waals surface area contributed by atoms with Crippen LogP contribution in [0.25, 0.3) is 11.4 Å². The summed E-state index contributed by atoms with van der Waals surface area (Å²) in [5.41, 5.74) is 1.42. The van der Waals surface area contributed by atoms with Crippen molar-refractivity contribution in [3.8, 4) is 11.4 Å². The van der Waals surface area contributed by atoms with Gasteiger partial charge in [-0.1, -0.05) is 18.2 Å². The smallest absolute Gasteiger partial charge is 0.255 e. The lowest BCUT2D eigenvalue weighted by Crippen LogP contribution is -2.42. The minimum atomic E-state index is 0.0167. The van der Waals surface area contributed by atoms with Crippen LogP contribution in [0.4, 0.5) is 0 Å². The molecule has 0 N–H and O–H groups in total. The quantitative estimate of drug-likeness (QED) is 0.864. The minimum Gasteiger partial charge on any atom is -0.334 e. The van der Waals surface area contributed by atoms with Crippen LogP contribution in [0.5, 0.6) is 0 Å². The molecule has 0 saturated carbocycles. The van der Waals surface area contributed by atoms with Gasteiger partial charge in [-0.05, 0) is 39.8 Å². The Morgan fingerprint density at radius 2 is 1.52 bits per heavy atom. The lowest BCUT2D eigenvalue weighted by Gasteiger charge is -2.31. The Morgan fingerprint density at radius 1 is 0.952 bits per heavy atom. The van der Waals surface area contributed by atoms with Crippen LogP contribution in [0.3, 0.4) is 0 Å². The van der Waals surface area contributed by atoms with E-state index in [9.17, 15) is 4.79 Å². The summed E-state index contributed by atoms with van der Waals surface area (Å²) in [5, 5.41) is 0. The second-order valence-electron chi connectivity index (χ2n) is 5.52. The largest absolute Gasteiger partial charge is 0.334 e. The van der Waals surface area contributed by atoms with Crippen LogP contribution in [-0.4, -0.2) is 32.9 Å². The molecule has 0 spiro atoms. The number of rotatable bonds is 4. The van der Waals surface area contributed by atoms with E-state index in [0.29, 0.717) is 11.4 Å². The second kappa shape index (κ2) is 6.48. The summed E-state index contributed by atoms with van der Waals surface area (Å²) in [6.07, 6.45) is 3.37. The van der Waals surface area contributed by atoms with E-state index >= 15 is 0 Å². The zero-order valence-corrected chi connectivity index (χ0v) is 12.9. The molecule has 1 aromatic heterocycles. The van der Waals surface area contributed by atoms with Crippen LogP contribution in [0.2, 0.25) is 0 Å². The van der Waals surface area contributed by atoms with Crippen LogP contribution in [0.1, 0.15) is 38.1 Å². The first-order valence-electron chi connectivity index (χ1n) is 7.21. The summed E-state index contributed by atoms with van der Waals surface area (Å²) >= 11 is 0. The van der Waals surface area contributed by atoms with Gasteiger partial charge in [0.2, 0.25) is 0 Å². The molecule has 0 saturated heterocycles. The number of hydrogen-bond donors (Lipinski definition) is 0. The number of carbonyl (C=O) groups excluding carboxylic acids is 1. The van der Waals surface area contributed by atoms with Crippen LogP contribution >= 0.6 is 0 Å². The Morgan fingerprint density at radius 3 is 2.10 bits per heavy atom. The molecule has 0 atom stereocenters. The van der Waals surface area contributed by atoms with Gasteiger partial charge < -0.3 is 4.90 Å². The number of carbonyl (C=O) groups is 1. The van der Waals surface area contributed by atoms with Crippen molar-refractivity contribution < 1.29 is 4.79 Å². The fourth-order valence-corrected chi connectivity index (χ4v) is 2.51. The maximum absolute atomic E-state index is 12.9. The van der Waals surface area contributed by atoms with Gasteiger partial charge in [-0.25, -0.2) is 9.97 Å². The molecular formula is C17H21N3O. The summed E-state index contributed by atoms with van der Waals surface area (Å²) in [6.45, 7) is 8.11. The Kier molecular flexibility index (Phi) is 4.68. The monoisotopic (exact) mass is 283 g/mol. The van der Waals surface area contributed by atoms with Gasteiger partial charge in [-0.2, -0.15) is 0 Å². The van der Waals surface area contributed by atoms with E-state index in [-0.39, 0.29) is 18.0 Å². The number of nitrogens with zero attached hydrogens (tertiary/aromatic N) is 3. The fourth-order valence-electron chi connectivity index (χ4n) is 2.51. The van der Waals surface area contributed by atoms with Crippen molar-refractivity contribution >= 4 is 5.91 Å². The average Bonchev–Trinajstić information content (AvgIpc) is 2.47. The molecule has 0 bridgehead atoms. The molecule has 4 nitrogen and oxygen atoms in total. The average molecular weight is 283 g/mol. The molecule has 0 aliphatic heterocycles. The van der Waals surface area contributed by atoms with E-state index in [0.717, 1.165) is 5.56 Å². The number of aromatic nitrogens is 2. The zero-order valence-electron chi connectivity index (χ0n) is 12.9. The Bertz CT molecular complexity index is 600. The lowest BCUT2D eigenvalue weighted by atomic mass is 10.0. The fraction of sp³-hybridized carbons (Fsp3) is 0.353. The van der Waals surface area contributed by atoms with Crippen molar-refractivity contribution in [3.63, 3.8) is 0 Å². The van der Waals surface area contributed by atoms with Gasteiger partial charge in [-0.3, -0.25) is 4.79 Å². The van der Waals surface area contributed by atoms with Gasteiger partial charge in [-0.15, -0.1) is 0 Å². The van der Waals surface area contributed by atoms with Crippen molar-refractivity contribution in [1.82, 2.24) is 14.9 Å². The van der Waals surface area contributed by atoms with E-state index in [1.165, 1.54) is 0 Å². The highest BCUT2D eigenvalue weighted by atomic mass is 16.2. The van der Waals surface area contributed by atoms with Crippen LogP contribution < -0.4 is 0 Å². The molecule has 0 fully saturated rings. The topological polar surface area (TPSA) is 46.1 Å². The van der Waals surface area contributed by atoms with Crippen molar-refractivity contribution in [1.29, 1.82) is 0 Å².